The van der Waals surface area contributed by atoms with Crippen molar-refractivity contribution < 1.29 is 17.5 Å². The number of nitrogens with one attached hydrogen (secondary N) is 1. The van der Waals surface area contributed by atoms with E-state index in [1.54, 1.807) is 24.3 Å². The van der Waals surface area contributed by atoms with Crippen molar-refractivity contribution in [1.82, 2.24) is 0 Å². The highest BCUT2D eigenvalue weighted by Gasteiger charge is 2.19. The number of benzene rings is 2. The molecule has 0 aliphatic rings. The molecule has 0 spiro atoms. The number of methoxy groups -OCH3 is 1. The van der Waals surface area contributed by atoms with Gasteiger partial charge in [-0.3, -0.25) is 4.72 Å². The third-order valence-corrected chi connectivity index (χ3v) is 4.45. The maximum Gasteiger partial charge on any atom is 0.262 e. The van der Waals surface area contributed by atoms with Crippen LogP contribution in [-0.4, -0.2) is 15.5 Å². The molecule has 0 saturated carbocycles. The van der Waals surface area contributed by atoms with E-state index in [2.05, 4.69) is 4.72 Å². The van der Waals surface area contributed by atoms with Gasteiger partial charge in [-0.05, 0) is 48.9 Å². The van der Waals surface area contributed by atoms with E-state index in [-0.39, 0.29) is 16.1 Å². The SMILES string of the molecule is COc1ccc(NS(=O)(=O)c2cc(N)c(F)cc2C)cc1. The molecule has 0 aliphatic carbocycles. The Morgan fingerprint density at radius 2 is 1.81 bits per heavy atom. The molecule has 112 valence electrons. The van der Waals surface area contributed by atoms with Crippen molar-refractivity contribution in [2.75, 3.05) is 17.6 Å². The minimum absolute atomic E-state index is 0.0581. The summed E-state index contributed by atoms with van der Waals surface area (Å²) in [5.74, 6) is -0.0314. The van der Waals surface area contributed by atoms with Crippen LogP contribution in [0.15, 0.2) is 41.3 Å². The van der Waals surface area contributed by atoms with Gasteiger partial charge in [0.2, 0.25) is 0 Å². The van der Waals surface area contributed by atoms with Crippen LogP contribution in [0.3, 0.4) is 0 Å². The Morgan fingerprint density at radius 1 is 1.19 bits per heavy atom. The van der Waals surface area contributed by atoms with E-state index in [9.17, 15) is 12.8 Å². The van der Waals surface area contributed by atoms with Crippen molar-refractivity contribution in [3.63, 3.8) is 0 Å². The van der Waals surface area contributed by atoms with Crippen LogP contribution in [0.4, 0.5) is 15.8 Å². The van der Waals surface area contributed by atoms with E-state index >= 15 is 0 Å². The number of aryl methyl sites for hydroxylation is 1. The van der Waals surface area contributed by atoms with Crippen LogP contribution < -0.4 is 15.2 Å². The predicted molar refractivity (Wildman–Crippen MR) is 79.4 cm³/mol. The Morgan fingerprint density at radius 3 is 2.38 bits per heavy atom. The van der Waals surface area contributed by atoms with E-state index in [0.717, 1.165) is 12.1 Å². The molecule has 0 fully saturated rings. The van der Waals surface area contributed by atoms with Crippen LogP contribution in [0.1, 0.15) is 5.56 Å². The van der Waals surface area contributed by atoms with Crippen molar-refractivity contribution >= 4 is 21.4 Å². The molecule has 2 rings (SSSR count). The molecule has 21 heavy (non-hydrogen) atoms. The van der Waals surface area contributed by atoms with Crippen molar-refractivity contribution in [2.45, 2.75) is 11.8 Å². The minimum atomic E-state index is -3.84. The number of ether oxygens (including phenoxy) is 1. The Bertz CT molecular complexity index is 759. The number of hydrogen-bond acceptors (Lipinski definition) is 4. The van der Waals surface area contributed by atoms with Gasteiger partial charge in [0.05, 0.1) is 17.7 Å². The first kappa shape index (κ1) is 15.1. The molecule has 7 heteroatoms. The fraction of sp³-hybridized carbons (Fsp3) is 0.143. The molecule has 0 aliphatic heterocycles. The second-order valence-corrected chi connectivity index (χ2v) is 6.12. The fourth-order valence-corrected chi connectivity index (χ4v) is 3.15. The number of nitrogen functional groups attached to an aromatic ring is 1. The number of hydrogen-bond donors (Lipinski definition) is 2. The Hall–Kier alpha value is -2.28. The van der Waals surface area contributed by atoms with E-state index in [0.29, 0.717) is 11.4 Å². The third kappa shape index (κ3) is 3.25. The molecule has 0 amide bonds. The van der Waals surface area contributed by atoms with Gasteiger partial charge in [-0.15, -0.1) is 0 Å². The van der Waals surface area contributed by atoms with Gasteiger partial charge in [-0.2, -0.15) is 0 Å². The molecule has 2 aromatic rings. The van der Waals surface area contributed by atoms with Gasteiger partial charge in [0, 0.05) is 5.69 Å². The van der Waals surface area contributed by atoms with E-state index in [1.165, 1.54) is 14.0 Å². The summed E-state index contributed by atoms with van der Waals surface area (Å²) in [5.41, 5.74) is 5.87. The van der Waals surface area contributed by atoms with E-state index in [1.807, 2.05) is 0 Å². The summed E-state index contributed by atoms with van der Waals surface area (Å²) in [5, 5.41) is 0. The van der Waals surface area contributed by atoms with Crippen LogP contribution in [0.2, 0.25) is 0 Å². The summed E-state index contributed by atoms with van der Waals surface area (Å²) in [6, 6.07) is 8.60. The largest absolute Gasteiger partial charge is 0.497 e. The highest BCUT2D eigenvalue weighted by molar-refractivity contribution is 7.92. The van der Waals surface area contributed by atoms with Crippen LogP contribution in [-0.2, 0) is 10.0 Å². The van der Waals surface area contributed by atoms with Gasteiger partial charge in [-0.1, -0.05) is 0 Å². The first-order chi connectivity index (χ1) is 9.83. The molecule has 0 bridgehead atoms. The maximum absolute atomic E-state index is 13.3. The van der Waals surface area contributed by atoms with Crippen molar-refractivity contribution in [3.8, 4) is 5.75 Å². The summed E-state index contributed by atoms with van der Waals surface area (Å²) in [6.07, 6.45) is 0. The lowest BCUT2D eigenvalue weighted by atomic mass is 10.2. The Balaban J connectivity index is 2.35. The molecule has 2 aromatic carbocycles. The van der Waals surface area contributed by atoms with Crippen molar-refractivity contribution in [2.24, 2.45) is 0 Å². The zero-order valence-corrected chi connectivity index (χ0v) is 12.4. The quantitative estimate of drug-likeness (QED) is 0.850. The molecule has 0 radical (unpaired) electrons. The molecule has 0 atom stereocenters. The zero-order valence-electron chi connectivity index (χ0n) is 11.6. The second-order valence-electron chi connectivity index (χ2n) is 4.47. The van der Waals surface area contributed by atoms with Gasteiger partial charge in [0.25, 0.3) is 10.0 Å². The normalized spacial score (nSPS) is 11.2. The monoisotopic (exact) mass is 310 g/mol. The summed E-state index contributed by atoms with van der Waals surface area (Å²) < 4.78 is 45.4. The number of halogens is 1. The maximum atomic E-state index is 13.3. The van der Waals surface area contributed by atoms with Crippen LogP contribution in [0, 0.1) is 12.7 Å². The third-order valence-electron chi connectivity index (χ3n) is 2.93. The molecule has 3 N–H and O–H groups in total. The highest BCUT2D eigenvalue weighted by atomic mass is 32.2. The predicted octanol–water partition coefficient (Wildman–Crippen LogP) is 2.53. The van der Waals surface area contributed by atoms with Gasteiger partial charge < -0.3 is 10.5 Å². The number of sulfonamides is 1. The summed E-state index contributed by atoms with van der Waals surface area (Å²) in [7, 11) is -2.32. The highest BCUT2D eigenvalue weighted by Crippen LogP contribution is 2.24. The van der Waals surface area contributed by atoms with Gasteiger partial charge in [0.1, 0.15) is 11.6 Å². The fourth-order valence-electron chi connectivity index (χ4n) is 1.83. The summed E-state index contributed by atoms with van der Waals surface area (Å²) in [6.45, 7) is 1.51. The summed E-state index contributed by atoms with van der Waals surface area (Å²) >= 11 is 0. The van der Waals surface area contributed by atoms with Crippen molar-refractivity contribution in [1.29, 1.82) is 0 Å². The van der Waals surface area contributed by atoms with Crippen molar-refractivity contribution in [3.05, 3.63) is 47.8 Å². The summed E-state index contributed by atoms with van der Waals surface area (Å²) in [4.78, 5) is -0.0581. The number of anilines is 2. The minimum Gasteiger partial charge on any atom is -0.497 e. The Kier molecular flexibility index (Phi) is 4.04. The number of nitrogens with two attached hydrogens (primary N) is 1. The van der Waals surface area contributed by atoms with Gasteiger partial charge >= 0.3 is 0 Å². The Labute approximate surface area is 122 Å². The topological polar surface area (TPSA) is 81.4 Å². The molecule has 5 nitrogen and oxygen atoms in total. The first-order valence-electron chi connectivity index (χ1n) is 6.06. The molecule has 0 heterocycles. The standard InChI is InChI=1S/C14H15FN2O3S/c1-9-7-12(15)13(16)8-14(9)21(18,19)17-10-3-5-11(20-2)6-4-10/h3-8,17H,16H2,1-2H3. The lowest BCUT2D eigenvalue weighted by Crippen LogP contribution is -2.15. The average molecular weight is 310 g/mol. The average Bonchev–Trinajstić information content (AvgIpc) is 2.43. The van der Waals surface area contributed by atoms with Gasteiger partial charge in [-0.25, -0.2) is 12.8 Å². The second kappa shape index (κ2) is 5.61. The van der Waals surface area contributed by atoms with Crippen LogP contribution in [0.25, 0.3) is 0 Å². The molecular formula is C14H15FN2O3S. The van der Waals surface area contributed by atoms with Crippen LogP contribution in [0.5, 0.6) is 5.75 Å². The van der Waals surface area contributed by atoms with E-state index < -0.39 is 15.8 Å². The van der Waals surface area contributed by atoms with Gasteiger partial charge in [0.15, 0.2) is 0 Å². The molecule has 0 aromatic heterocycles. The zero-order chi connectivity index (χ0) is 15.6. The molecule has 0 saturated heterocycles. The molecular weight excluding hydrogens is 295 g/mol. The molecule has 0 unspecified atom stereocenters. The first-order valence-corrected chi connectivity index (χ1v) is 7.54. The smallest absolute Gasteiger partial charge is 0.262 e. The lowest BCUT2D eigenvalue weighted by molar-refractivity contribution is 0.415. The van der Waals surface area contributed by atoms with E-state index in [4.69, 9.17) is 10.5 Å². The number of rotatable bonds is 4. The van der Waals surface area contributed by atoms with Crippen LogP contribution >= 0.6 is 0 Å². The lowest BCUT2D eigenvalue weighted by Gasteiger charge is -2.12.